The second-order valence-corrected chi connectivity index (χ2v) is 9.72. The average Bonchev–Trinajstić information content (AvgIpc) is 3.18. The molecule has 11 nitrogen and oxygen atoms in total. The van der Waals surface area contributed by atoms with E-state index in [9.17, 15) is 9.59 Å². The first-order valence-corrected chi connectivity index (χ1v) is 11.5. The van der Waals surface area contributed by atoms with Crippen molar-refractivity contribution < 1.29 is 19.1 Å². The number of carbonyl (C=O) groups excluding carboxylic acids is 2. The Morgan fingerprint density at radius 3 is 2.64 bits per heavy atom. The van der Waals surface area contributed by atoms with Crippen LogP contribution in [0.2, 0.25) is 0 Å². The molecule has 0 radical (unpaired) electrons. The average molecular weight is 478 g/mol. The predicted octanol–water partition coefficient (Wildman–Crippen LogP) is 2.19. The minimum Gasteiger partial charge on any atom is -0.481 e. The van der Waals surface area contributed by atoms with Crippen molar-refractivity contribution in [3.8, 4) is 11.9 Å². The molecule has 1 aliphatic heterocycles. The van der Waals surface area contributed by atoms with Gasteiger partial charge in [0.25, 0.3) is 0 Å². The van der Waals surface area contributed by atoms with Gasteiger partial charge in [0.2, 0.25) is 11.8 Å². The van der Waals surface area contributed by atoms with Crippen LogP contribution in [0.25, 0.3) is 0 Å². The van der Waals surface area contributed by atoms with Gasteiger partial charge in [-0.25, -0.2) is 9.78 Å². The molecule has 180 valence electrons. The number of nitrogens with zero attached hydrogens (tertiary/aromatic N) is 4. The van der Waals surface area contributed by atoms with E-state index in [-0.39, 0.29) is 24.5 Å². The van der Waals surface area contributed by atoms with E-state index in [1.54, 1.807) is 27.0 Å². The van der Waals surface area contributed by atoms with Crippen LogP contribution in [0.1, 0.15) is 38.3 Å². The molecule has 12 heteroatoms. The summed E-state index contributed by atoms with van der Waals surface area (Å²) in [5.41, 5.74) is 0.223. The van der Waals surface area contributed by atoms with Gasteiger partial charge in [0.05, 0.1) is 31.9 Å². The molecule has 0 spiro atoms. The van der Waals surface area contributed by atoms with Crippen LogP contribution >= 0.6 is 11.3 Å². The van der Waals surface area contributed by atoms with Crippen molar-refractivity contribution in [2.24, 2.45) is 5.41 Å². The molecule has 0 fully saturated rings. The van der Waals surface area contributed by atoms with Gasteiger partial charge in [-0.1, -0.05) is 11.3 Å². The molecule has 1 aliphatic rings. The van der Waals surface area contributed by atoms with Crippen molar-refractivity contribution >= 4 is 34.2 Å². The highest BCUT2D eigenvalue weighted by atomic mass is 32.1. The summed E-state index contributed by atoms with van der Waals surface area (Å²) in [7, 11) is 3.06. The second kappa shape index (κ2) is 10.2. The lowest BCUT2D eigenvalue weighted by molar-refractivity contribution is -0.129. The standard InChI is InChI=1S/C21H31N7O4S/c1-12(2)23-17(29)21(3,4)11-22-18(30)27-20-24-13-7-8-28(10-14(13)33-20)15-9-16(31-5)26-19(25-15)32-6/h9,12H,7-8,10-11H2,1-6H3,(H,23,29)(H2,22,24,27,30). The quantitative estimate of drug-likeness (QED) is 0.527. The normalized spacial score (nSPS) is 13.4. The van der Waals surface area contributed by atoms with Gasteiger partial charge in [-0.05, 0) is 27.7 Å². The molecule has 0 saturated heterocycles. The molecule has 0 bridgehead atoms. The maximum absolute atomic E-state index is 12.4. The van der Waals surface area contributed by atoms with Gasteiger partial charge in [-0.15, -0.1) is 0 Å². The lowest BCUT2D eigenvalue weighted by Gasteiger charge is -2.27. The van der Waals surface area contributed by atoms with Crippen LogP contribution in [0.5, 0.6) is 11.9 Å². The molecule has 0 saturated carbocycles. The van der Waals surface area contributed by atoms with Crippen LogP contribution in [0.4, 0.5) is 15.7 Å². The van der Waals surface area contributed by atoms with E-state index in [0.717, 1.165) is 10.6 Å². The summed E-state index contributed by atoms with van der Waals surface area (Å²) in [6, 6.07) is 1.65. The van der Waals surface area contributed by atoms with Gasteiger partial charge < -0.3 is 25.0 Å². The number of fused-ring (bicyclic) bond motifs is 1. The lowest BCUT2D eigenvalue weighted by Crippen LogP contribution is -2.47. The van der Waals surface area contributed by atoms with E-state index in [2.05, 4.69) is 35.8 Å². The number of methoxy groups -OCH3 is 2. The molecular weight excluding hydrogens is 446 g/mol. The monoisotopic (exact) mass is 477 g/mol. The molecule has 0 aliphatic carbocycles. The SMILES string of the molecule is COc1cc(N2CCc3nc(NC(=O)NCC(C)(C)C(=O)NC(C)C)sc3C2)nc(OC)n1. The minimum atomic E-state index is -0.732. The smallest absolute Gasteiger partial charge is 0.321 e. The van der Waals surface area contributed by atoms with Gasteiger partial charge in [0, 0.05) is 36.5 Å². The number of nitrogens with one attached hydrogen (secondary N) is 3. The number of hydrogen-bond donors (Lipinski definition) is 3. The highest BCUT2D eigenvalue weighted by Gasteiger charge is 2.29. The van der Waals surface area contributed by atoms with E-state index >= 15 is 0 Å². The molecule has 3 heterocycles. The Balaban J connectivity index is 1.61. The molecule has 0 atom stereocenters. The summed E-state index contributed by atoms with van der Waals surface area (Å²) < 4.78 is 10.4. The molecule has 33 heavy (non-hydrogen) atoms. The summed E-state index contributed by atoms with van der Waals surface area (Å²) in [6.45, 7) is 8.90. The topological polar surface area (TPSA) is 131 Å². The van der Waals surface area contributed by atoms with Crippen LogP contribution in [0.3, 0.4) is 0 Å². The van der Waals surface area contributed by atoms with Crippen molar-refractivity contribution in [2.75, 3.05) is 37.5 Å². The highest BCUT2D eigenvalue weighted by Crippen LogP contribution is 2.31. The van der Waals surface area contributed by atoms with Crippen LogP contribution in [-0.2, 0) is 17.8 Å². The lowest BCUT2D eigenvalue weighted by atomic mass is 9.92. The molecule has 3 rings (SSSR count). The Kier molecular flexibility index (Phi) is 7.57. The Morgan fingerprint density at radius 2 is 1.97 bits per heavy atom. The number of hydrogen-bond acceptors (Lipinski definition) is 9. The van der Waals surface area contributed by atoms with Crippen LogP contribution in [-0.4, -0.2) is 60.2 Å². The fourth-order valence-electron chi connectivity index (χ4n) is 3.17. The van der Waals surface area contributed by atoms with Gasteiger partial charge in [-0.2, -0.15) is 9.97 Å². The number of carbonyl (C=O) groups is 2. The number of aromatic nitrogens is 3. The van der Waals surface area contributed by atoms with Gasteiger partial charge in [-0.3, -0.25) is 10.1 Å². The first-order chi connectivity index (χ1) is 15.6. The summed E-state index contributed by atoms with van der Waals surface area (Å²) in [6.07, 6.45) is 0.714. The fraction of sp³-hybridized carbons (Fsp3) is 0.571. The van der Waals surface area contributed by atoms with Crippen molar-refractivity contribution in [3.05, 3.63) is 16.6 Å². The number of urea groups is 1. The van der Waals surface area contributed by atoms with E-state index in [4.69, 9.17) is 9.47 Å². The summed E-state index contributed by atoms with van der Waals surface area (Å²) in [5.74, 6) is 1.02. The maximum atomic E-state index is 12.4. The second-order valence-electron chi connectivity index (χ2n) is 8.64. The van der Waals surface area contributed by atoms with Gasteiger partial charge in [0.15, 0.2) is 5.13 Å². The fourth-order valence-corrected chi connectivity index (χ4v) is 4.19. The third-order valence-electron chi connectivity index (χ3n) is 5.06. The first kappa shape index (κ1) is 24.5. The van der Waals surface area contributed by atoms with Crippen molar-refractivity contribution in [1.82, 2.24) is 25.6 Å². The number of ether oxygens (including phenoxy) is 2. The Labute approximate surface area is 197 Å². The predicted molar refractivity (Wildman–Crippen MR) is 126 cm³/mol. The molecule has 2 aromatic rings. The third kappa shape index (κ3) is 6.21. The first-order valence-electron chi connectivity index (χ1n) is 10.7. The molecule has 3 amide bonds. The zero-order chi connectivity index (χ0) is 24.2. The molecule has 2 aromatic heterocycles. The number of rotatable bonds is 8. The highest BCUT2D eigenvalue weighted by molar-refractivity contribution is 7.15. The summed E-state index contributed by atoms with van der Waals surface area (Å²) >= 11 is 1.42. The van der Waals surface area contributed by atoms with E-state index in [1.807, 2.05) is 13.8 Å². The third-order valence-corrected chi connectivity index (χ3v) is 6.06. The molecule has 0 aromatic carbocycles. The number of anilines is 2. The Bertz CT molecular complexity index is 986. The van der Waals surface area contributed by atoms with Crippen molar-refractivity contribution in [2.45, 2.75) is 46.7 Å². The Hall–Kier alpha value is -3.15. The largest absolute Gasteiger partial charge is 0.481 e. The summed E-state index contributed by atoms with van der Waals surface area (Å²) in [5, 5.41) is 8.94. The minimum absolute atomic E-state index is 0.0383. The van der Waals surface area contributed by atoms with E-state index < -0.39 is 11.4 Å². The number of amides is 3. The molecule has 3 N–H and O–H groups in total. The van der Waals surface area contributed by atoms with Crippen LogP contribution in [0.15, 0.2) is 6.07 Å². The molecular formula is C21H31N7O4S. The van der Waals surface area contributed by atoms with E-state index in [1.165, 1.54) is 18.4 Å². The zero-order valence-corrected chi connectivity index (χ0v) is 20.6. The van der Waals surface area contributed by atoms with Gasteiger partial charge in [0.1, 0.15) is 5.82 Å². The Morgan fingerprint density at radius 1 is 1.21 bits per heavy atom. The van der Waals surface area contributed by atoms with E-state index in [0.29, 0.717) is 36.3 Å². The summed E-state index contributed by atoms with van der Waals surface area (Å²) in [4.78, 5) is 40.9. The van der Waals surface area contributed by atoms with Crippen LogP contribution < -0.4 is 30.3 Å². The zero-order valence-electron chi connectivity index (χ0n) is 19.8. The van der Waals surface area contributed by atoms with Crippen LogP contribution in [0, 0.1) is 5.41 Å². The van der Waals surface area contributed by atoms with Gasteiger partial charge >= 0.3 is 12.0 Å². The van der Waals surface area contributed by atoms with Crippen molar-refractivity contribution in [1.29, 1.82) is 0 Å². The maximum Gasteiger partial charge on any atom is 0.321 e. The molecule has 0 unspecified atom stereocenters. The number of thiazole rings is 1. The van der Waals surface area contributed by atoms with Crippen molar-refractivity contribution in [3.63, 3.8) is 0 Å².